The molecule has 1 aliphatic heterocycles. The molecule has 2 amide bonds. The lowest BCUT2D eigenvalue weighted by molar-refractivity contribution is -0.161. The molecular weight excluding hydrogens is 435 g/mol. The molecule has 0 spiro atoms. The number of hydrogen-bond donors (Lipinski definition) is 1. The lowest BCUT2D eigenvalue weighted by Crippen LogP contribution is -2.40. The number of amides is 2. The van der Waals surface area contributed by atoms with Crippen LogP contribution >= 0.6 is 0 Å². The summed E-state index contributed by atoms with van der Waals surface area (Å²) in [7, 11) is 0. The fourth-order valence-electron chi connectivity index (χ4n) is 4.03. The molecule has 3 aromatic rings. The largest absolute Gasteiger partial charge is 0.452 e. The third-order valence-electron chi connectivity index (χ3n) is 5.72. The Labute approximate surface area is 197 Å². The van der Waals surface area contributed by atoms with E-state index in [-0.39, 0.29) is 18.0 Å². The lowest BCUT2D eigenvalue weighted by atomic mass is 9.90. The van der Waals surface area contributed by atoms with Gasteiger partial charge in [-0.1, -0.05) is 66.7 Å². The Bertz CT molecular complexity index is 1140. The maximum atomic E-state index is 13.6. The van der Waals surface area contributed by atoms with E-state index in [0.717, 1.165) is 11.1 Å². The van der Waals surface area contributed by atoms with Gasteiger partial charge in [-0.15, -0.1) is 0 Å². The van der Waals surface area contributed by atoms with E-state index < -0.39 is 29.7 Å². The number of ether oxygens (including phenoxy) is 1. The van der Waals surface area contributed by atoms with Crippen LogP contribution in [0.5, 0.6) is 0 Å². The minimum Gasteiger partial charge on any atom is -0.452 e. The molecule has 2 unspecified atom stereocenters. The van der Waals surface area contributed by atoms with Gasteiger partial charge in [0.15, 0.2) is 6.10 Å². The van der Waals surface area contributed by atoms with Crippen molar-refractivity contribution in [2.75, 3.05) is 5.32 Å². The number of rotatable bonds is 7. The van der Waals surface area contributed by atoms with Crippen LogP contribution in [-0.2, 0) is 32.2 Å². The van der Waals surface area contributed by atoms with Crippen molar-refractivity contribution in [2.45, 2.75) is 38.5 Å². The number of carbonyl (C=O) groups is 3. The number of fused-ring (bicyclic) bond motifs is 1. The zero-order valence-electron chi connectivity index (χ0n) is 18.7. The summed E-state index contributed by atoms with van der Waals surface area (Å²) in [6.45, 7) is 2.23. The molecular formula is C27H25FN2O4. The molecule has 1 aliphatic rings. The molecule has 0 saturated carbocycles. The van der Waals surface area contributed by atoms with Crippen molar-refractivity contribution in [1.82, 2.24) is 4.90 Å². The molecule has 7 heteroatoms. The van der Waals surface area contributed by atoms with Gasteiger partial charge in [0.25, 0.3) is 5.91 Å². The van der Waals surface area contributed by atoms with Gasteiger partial charge in [0, 0.05) is 25.2 Å². The maximum absolute atomic E-state index is 13.6. The summed E-state index contributed by atoms with van der Waals surface area (Å²) >= 11 is 0. The van der Waals surface area contributed by atoms with Crippen molar-refractivity contribution >= 4 is 23.5 Å². The molecule has 2 atom stereocenters. The van der Waals surface area contributed by atoms with Gasteiger partial charge in [-0.25, -0.2) is 4.39 Å². The Morgan fingerprint density at radius 1 is 1.00 bits per heavy atom. The average molecular weight is 461 g/mol. The van der Waals surface area contributed by atoms with E-state index in [1.54, 1.807) is 4.90 Å². The van der Waals surface area contributed by atoms with Crippen LogP contribution < -0.4 is 5.32 Å². The number of halogens is 1. The summed E-state index contributed by atoms with van der Waals surface area (Å²) in [6, 6.07) is 23.0. The number of benzene rings is 3. The molecule has 0 saturated heterocycles. The minimum atomic E-state index is -1.06. The first kappa shape index (κ1) is 23.2. The second kappa shape index (κ2) is 10.3. The van der Waals surface area contributed by atoms with Crippen LogP contribution in [0, 0.1) is 5.82 Å². The number of esters is 1. The highest BCUT2D eigenvalue weighted by molar-refractivity contribution is 6.00. The molecule has 0 aliphatic carbocycles. The number of carbonyl (C=O) groups excluding carboxylic acids is 3. The predicted molar refractivity (Wildman–Crippen MR) is 125 cm³/mol. The van der Waals surface area contributed by atoms with Crippen molar-refractivity contribution in [3.05, 3.63) is 101 Å². The van der Waals surface area contributed by atoms with E-state index in [1.807, 2.05) is 60.7 Å². The Kier molecular flexibility index (Phi) is 7.01. The Morgan fingerprint density at radius 2 is 1.59 bits per heavy atom. The minimum absolute atomic E-state index is 0.129. The summed E-state index contributed by atoms with van der Waals surface area (Å²) < 4.78 is 19.1. The molecule has 0 fully saturated rings. The standard InChI is InChI=1S/C27H25FN2O4/c1-18(34-27(33)23-15-25(31)29-24-14-21(28)12-13-22(23)24)26(32)30(16-19-8-4-2-5-9-19)17-20-10-6-3-7-11-20/h2-14,18,23H,15-17H2,1H3,(H,29,31). The van der Waals surface area contributed by atoms with E-state index in [9.17, 15) is 18.8 Å². The first-order valence-electron chi connectivity index (χ1n) is 11.1. The highest BCUT2D eigenvalue weighted by Crippen LogP contribution is 2.34. The fourth-order valence-corrected chi connectivity index (χ4v) is 4.03. The van der Waals surface area contributed by atoms with Crippen molar-refractivity contribution < 1.29 is 23.5 Å². The highest BCUT2D eigenvalue weighted by Gasteiger charge is 2.34. The van der Waals surface area contributed by atoms with E-state index in [1.165, 1.54) is 25.1 Å². The van der Waals surface area contributed by atoms with Gasteiger partial charge < -0.3 is 15.0 Å². The van der Waals surface area contributed by atoms with Gasteiger partial charge >= 0.3 is 5.97 Å². The second-order valence-electron chi connectivity index (χ2n) is 8.28. The summed E-state index contributed by atoms with van der Waals surface area (Å²) in [5, 5.41) is 2.57. The van der Waals surface area contributed by atoms with Crippen molar-refractivity contribution in [3.8, 4) is 0 Å². The normalized spacial score (nSPS) is 15.6. The lowest BCUT2D eigenvalue weighted by Gasteiger charge is -2.28. The van der Waals surface area contributed by atoms with Crippen LogP contribution in [-0.4, -0.2) is 28.8 Å². The molecule has 0 radical (unpaired) electrons. The first-order chi connectivity index (χ1) is 16.4. The Balaban J connectivity index is 1.50. The summed E-state index contributed by atoms with van der Waals surface area (Å²) in [6.07, 6.45) is -1.19. The van der Waals surface area contributed by atoms with Gasteiger partial charge in [-0.05, 0) is 35.7 Å². The van der Waals surface area contributed by atoms with Gasteiger partial charge in [0.05, 0.1) is 5.92 Å². The van der Waals surface area contributed by atoms with Crippen molar-refractivity contribution in [3.63, 3.8) is 0 Å². The van der Waals surface area contributed by atoms with Crippen LogP contribution in [0.4, 0.5) is 10.1 Å². The van der Waals surface area contributed by atoms with E-state index in [2.05, 4.69) is 5.32 Å². The molecule has 174 valence electrons. The summed E-state index contributed by atoms with van der Waals surface area (Å²) in [5.74, 6) is -2.87. The SMILES string of the molecule is CC(OC(=O)C1CC(=O)Nc2cc(F)ccc21)C(=O)N(Cc1ccccc1)Cc1ccccc1. The van der Waals surface area contributed by atoms with Crippen molar-refractivity contribution in [1.29, 1.82) is 0 Å². The predicted octanol–water partition coefficient (Wildman–Crippen LogP) is 4.41. The van der Waals surface area contributed by atoms with E-state index >= 15 is 0 Å². The number of hydrogen-bond acceptors (Lipinski definition) is 4. The maximum Gasteiger partial charge on any atom is 0.314 e. The molecule has 1 heterocycles. The van der Waals surface area contributed by atoms with Gasteiger partial charge in [-0.3, -0.25) is 14.4 Å². The van der Waals surface area contributed by atoms with Gasteiger partial charge in [0.2, 0.25) is 5.91 Å². The van der Waals surface area contributed by atoms with Gasteiger partial charge in [0.1, 0.15) is 5.82 Å². The van der Waals surface area contributed by atoms with Crippen LogP contribution in [0.25, 0.3) is 0 Å². The molecule has 0 aromatic heterocycles. The third-order valence-corrected chi connectivity index (χ3v) is 5.72. The number of nitrogens with zero attached hydrogens (tertiary/aromatic N) is 1. The number of nitrogens with one attached hydrogen (secondary N) is 1. The quantitative estimate of drug-likeness (QED) is 0.530. The Morgan fingerprint density at radius 3 is 2.18 bits per heavy atom. The summed E-state index contributed by atoms with van der Waals surface area (Å²) in [5.41, 5.74) is 2.61. The topological polar surface area (TPSA) is 75.7 Å². The first-order valence-corrected chi connectivity index (χ1v) is 11.1. The average Bonchev–Trinajstić information content (AvgIpc) is 2.83. The van der Waals surface area contributed by atoms with Crippen LogP contribution in [0.2, 0.25) is 0 Å². The zero-order valence-corrected chi connectivity index (χ0v) is 18.7. The van der Waals surface area contributed by atoms with Gasteiger partial charge in [-0.2, -0.15) is 0 Å². The second-order valence-corrected chi connectivity index (χ2v) is 8.28. The fraction of sp³-hybridized carbons (Fsp3) is 0.222. The van der Waals surface area contributed by atoms with Crippen LogP contribution in [0.15, 0.2) is 78.9 Å². The molecule has 1 N–H and O–H groups in total. The van der Waals surface area contributed by atoms with Crippen LogP contribution in [0.1, 0.15) is 36.0 Å². The summed E-state index contributed by atoms with van der Waals surface area (Å²) in [4.78, 5) is 40.0. The highest BCUT2D eigenvalue weighted by atomic mass is 19.1. The zero-order chi connectivity index (χ0) is 24.1. The smallest absolute Gasteiger partial charge is 0.314 e. The molecule has 6 nitrogen and oxygen atoms in total. The molecule has 0 bridgehead atoms. The van der Waals surface area contributed by atoms with E-state index in [4.69, 9.17) is 4.74 Å². The Hall–Kier alpha value is -4.00. The third kappa shape index (κ3) is 5.49. The molecule has 34 heavy (non-hydrogen) atoms. The molecule has 3 aromatic carbocycles. The van der Waals surface area contributed by atoms with Crippen LogP contribution in [0.3, 0.4) is 0 Å². The monoisotopic (exact) mass is 460 g/mol. The number of anilines is 1. The van der Waals surface area contributed by atoms with E-state index in [0.29, 0.717) is 18.7 Å². The molecule has 4 rings (SSSR count). The van der Waals surface area contributed by atoms with Crippen molar-refractivity contribution in [2.24, 2.45) is 0 Å².